The van der Waals surface area contributed by atoms with E-state index in [2.05, 4.69) is 4.18 Å². The number of hydrogen-bond acceptors (Lipinski definition) is 3. The quantitative estimate of drug-likeness (QED) is 0.563. The molecule has 0 rings (SSSR count). The lowest BCUT2D eigenvalue weighted by Crippen LogP contribution is -2.28. The van der Waals surface area contributed by atoms with Gasteiger partial charge >= 0.3 is 22.7 Å². The first-order valence-electron chi connectivity index (χ1n) is 2.93. The molecule has 0 fully saturated rings. The summed E-state index contributed by atoms with van der Waals surface area (Å²) in [6, 6.07) is 0. The van der Waals surface area contributed by atoms with E-state index >= 15 is 0 Å². The molecule has 0 aliphatic carbocycles. The summed E-state index contributed by atoms with van der Waals surface area (Å²) in [7, 11) is -4.85. The van der Waals surface area contributed by atoms with E-state index < -0.39 is 35.8 Å². The highest BCUT2D eigenvalue weighted by Crippen LogP contribution is 2.26. The molecule has 0 bridgehead atoms. The summed E-state index contributed by atoms with van der Waals surface area (Å²) in [4.78, 5) is 0. The van der Waals surface area contributed by atoms with Gasteiger partial charge < -0.3 is 0 Å². The highest BCUT2D eigenvalue weighted by Gasteiger charge is 2.40. The molecule has 0 heterocycles. The van der Waals surface area contributed by atoms with E-state index in [4.69, 9.17) is 4.55 Å². The maximum atomic E-state index is 12.0. The molecule has 0 atom stereocenters. The van der Waals surface area contributed by atoms with Crippen LogP contribution in [-0.4, -0.2) is 31.9 Å². The second-order valence-electron chi connectivity index (χ2n) is 2.06. The van der Waals surface area contributed by atoms with Crippen molar-refractivity contribution in [3.63, 3.8) is 0 Å². The molecule has 0 radical (unpaired) electrons. The SMILES string of the molecule is O=S(=O)(O)OCCC(F)(F)C(F)F. The number of alkyl halides is 4. The lowest BCUT2D eigenvalue weighted by molar-refractivity contribution is -0.137. The van der Waals surface area contributed by atoms with E-state index in [1.807, 2.05) is 0 Å². The normalized spacial score (nSPS) is 13.7. The first-order valence-corrected chi connectivity index (χ1v) is 4.29. The molecule has 13 heavy (non-hydrogen) atoms. The first kappa shape index (κ1) is 12.6. The molecule has 9 heteroatoms. The zero-order chi connectivity index (χ0) is 10.7. The van der Waals surface area contributed by atoms with Gasteiger partial charge in [0.05, 0.1) is 6.61 Å². The smallest absolute Gasteiger partial charge is 0.264 e. The molecule has 80 valence electrons. The molecule has 0 aromatic carbocycles. The van der Waals surface area contributed by atoms with Crippen molar-refractivity contribution in [2.75, 3.05) is 6.61 Å². The van der Waals surface area contributed by atoms with Crippen molar-refractivity contribution < 1.29 is 34.7 Å². The van der Waals surface area contributed by atoms with Gasteiger partial charge in [0.25, 0.3) is 0 Å². The van der Waals surface area contributed by atoms with Crippen LogP contribution in [0.4, 0.5) is 17.6 Å². The summed E-state index contributed by atoms with van der Waals surface area (Å²) in [5.74, 6) is -4.31. The van der Waals surface area contributed by atoms with Gasteiger partial charge in [-0.1, -0.05) is 0 Å². The summed E-state index contributed by atoms with van der Waals surface area (Å²) in [6.45, 7) is -1.20. The molecule has 0 spiro atoms. The summed E-state index contributed by atoms with van der Waals surface area (Å²) in [6.07, 6.45) is -5.37. The minimum Gasteiger partial charge on any atom is -0.264 e. The zero-order valence-electron chi connectivity index (χ0n) is 6.08. The van der Waals surface area contributed by atoms with Gasteiger partial charge in [-0.2, -0.15) is 8.42 Å². The predicted molar refractivity (Wildman–Crippen MR) is 33.1 cm³/mol. The fraction of sp³-hybridized carbons (Fsp3) is 1.00. The summed E-state index contributed by atoms with van der Waals surface area (Å²) in [5, 5.41) is 0. The number of halogens is 4. The molecular formula is C4H6F4O4S. The Morgan fingerprint density at radius 3 is 2.15 bits per heavy atom. The fourth-order valence-corrected chi connectivity index (χ4v) is 0.686. The van der Waals surface area contributed by atoms with Gasteiger partial charge in [0.15, 0.2) is 0 Å². The summed E-state index contributed by atoms with van der Waals surface area (Å²) < 4.78 is 77.7. The van der Waals surface area contributed by atoms with Gasteiger partial charge in [-0.05, 0) is 0 Å². The summed E-state index contributed by atoms with van der Waals surface area (Å²) >= 11 is 0. The van der Waals surface area contributed by atoms with Gasteiger partial charge in [-0.3, -0.25) is 4.55 Å². The predicted octanol–water partition coefficient (Wildman–Crippen LogP) is 1.10. The summed E-state index contributed by atoms with van der Waals surface area (Å²) in [5.41, 5.74) is 0. The van der Waals surface area contributed by atoms with Gasteiger partial charge in [-0.25, -0.2) is 21.7 Å². The van der Waals surface area contributed by atoms with Gasteiger partial charge in [0, 0.05) is 6.42 Å². The molecule has 0 unspecified atom stereocenters. The third-order valence-corrected chi connectivity index (χ3v) is 1.45. The molecule has 0 aliphatic rings. The lowest BCUT2D eigenvalue weighted by atomic mass is 10.2. The van der Waals surface area contributed by atoms with E-state index in [1.165, 1.54) is 0 Å². The molecule has 0 aliphatic heterocycles. The Hall–Kier alpha value is -0.410. The minimum atomic E-state index is -4.85. The third kappa shape index (κ3) is 5.77. The van der Waals surface area contributed by atoms with Crippen LogP contribution < -0.4 is 0 Å². The van der Waals surface area contributed by atoms with Crippen molar-refractivity contribution in [3.05, 3.63) is 0 Å². The third-order valence-electron chi connectivity index (χ3n) is 0.987. The minimum absolute atomic E-state index is 1.20. The van der Waals surface area contributed by atoms with Crippen molar-refractivity contribution in [3.8, 4) is 0 Å². The molecule has 0 saturated heterocycles. The molecule has 0 saturated carbocycles. The Kier molecular flexibility index (Phi) is 4.07. The van der Waals surface area contributed by atoms with Crippen LogP contribution in [0.2, 0.25) is 0 Å². The molecule has 1 N–H and O–H groups in total. The molecule has 0 aromatic rings. The Morgan fingerprint density at radius 2 is 1.85 bits per heavy atom. The highest BCUT2D eigenvalue weighted by molar-refractivity contribution is 7.80. The maximum Gasteiger partial charge on any atom is 0.397 e. The Balaban J connectivity index is 3.90. The van der Waals surface area contributed by atoms with Crippen LogP contribution in [0.5, 0.6) is 0 Å². The van der Waals surface area contributed by atoms with Crippen LogP contribution in [0.3, 0.4) is 0 Å². The Labute approximate surface area is 71.4 Å². The van der Waals surface area contributed by atoms with E-state index in [0.29, 0.717) is 0 Å². The highest BCUT2D eigenvalue weighted by atomic mass is 32.3. The van der Waals surface area contributed by atoms with Gasteiger partial charge in [0.2, 0.25) is 0 Å². The molecule has 0 aromatic heterocycles. The lowest BCUT2D eigenvalue weighted by Gasteiger charge is -2.13. The van der Waals surface area contributed by atoms with Crippen LogP contribution in [0, 0.1) is 0 Å². The van der Waals surface area contributed by atoms with Crippen molar-refractivity contribution in [2.45, 2.75) is 18.8 Å². The number of hydrogen-bond donors (Lipinski definition) is 1. The molecular weight excluding hydrogens is 220 g/mol. The van der Waals surface area contributed by atoms with Gasteiger partial charge in [-0.15, -0.1) is 0 Å². The average Bonchev–Trinajstić information content (AvgIpc) is 1.82. The van der Waals surface area contributed by atoms with Crippen molar-refractivity contribution in [2.24, 2.45) is 0 Å². The molecule has 0 amide bonds. The standard InChI is InChI=1S/C4H6F4O4S/c5-3(6)4(7,8)1-2-12-13(9,10)11/h3H,1-2H2,(H,9,10,11). The van der Waals surface area contributed by atoms with Crippen LogP contribution in [0.25, 0.3) is 0 Å². The average molecular weight is 226 g/mol. The maximum absolute atomic E-state index is 12.0. The van der Waals surface area contributed by atoms with E-state index in [0.717, 1.165) is 0 Å². The first-order chi connectivity index (χ1) is 5.65. The van der Waals surface area contributed by atoms with Crippen molar-refractivity contribution >= 4 is 10.4 Å². The second kappa shape index (κ2) is 4.20. The van der Waals surface area contributed by atoms with Gasteiger partial charge in [0.1, 0.15) is 0 Å². The van der Waals surface area contributed by atoms with Crippen LogP contribution in [0.1, 0.15) is 6.42 Å². The topological polar surface area (TPSA) is 63.6 Å². The van der Waals surface area contributed by atoms with Crippen molar-refractivity contribution in [1.82, 2.24) is 0 Å². The fourth-order valence-electron chi connectivity index (χ4n) is 0.392. The zero-order valence-corrected chi connectivity index (χ0v) is 6.90. The Bertz CT molecular complexity index is 249. The number of rotatable bonds is 5. The second-order valence-corrected chi connectivity index (χ2v) is 3.15. The van der Waals surface area contributed by atoms with E-state index in [1.54, 1.807) is 0 Å². The van der Waals surface area contributed by atoms with Crippen LogP contribution >= 0.6 is 0 Å². The molecule has 4 nitrogen and oxygen atoms in total. The monoisotopic (exact) mass is 226 g/mol. The van der Waals surface area contributed by atoms with E-state index in [9.17, 15) is 26.0 Å². The Morgan fingerprint density at radius 1 is 1.38 bits per heavy atom. The van der Waals surface area contributed by atoms with E-state index in [-0.39, 0.29) is 0 Å². The largest absolute Gasteiger partial charge is 0.397 e. The van der Waals surface area contributed by atoms with Crippen LogP contribution in [-0.2, 0) is 14.6 Å². The van der Waals surface area contributed by atoms with Crippen LogP contribution in [0.15, 0.2) is 0 Å². The van der Waals surface area contributed by atoms with Crippen molar-refractivity contribution in [1.29, 1.82) is 0 Å².